The van der Waals surface area contributed by atoms with Crippen LogP contribution in [0.25, 0.3) is 10.9 Å². The third-order valence-electron chi connectivity index (χ3n) is 2.94. The fourth-order valence-corrected chi connectivity index (χ4v) is 2.75. The second kappa shape index (κ2) is 7.11. The summed E-state index contributed by atoms with van der Waals surface area (Å²) in [5.74, 6) is 0. The first-order valence-corrected chi connectivity index (χ1v) is 8.09. The quantitative estimate of drug-likeness (QED) is 0.467. The van der Waals surface area contributed by atoms with Crippen molar-refractivity contribution in [3.63, 3.8) is 0 Å². The number of hydrogen-bond acceptors (Lipinski definition) is 4. The molecule has 0 atom stereocenters. The summed E-state index contributed by atoms with van der Waals surface area (Å²) < 4.78 is 7.02. The number of halogens is 1. The lowest BCUT2D eigenvalue weighted by molar-refractivity contribution is 0.140. The summed E-state index contributed by atoms with van der Waals surface area (Å²) in [7, 11) is 0. The van der Waals surface area contributed by atoms with Crippen molar-refractivity contribution in [3.05, 3.63) is 33.6 Å². The highest BCUT2D eigenvalue weighted by Crippen LogP contribution is 2.19. The minimum Gasteiger partial charge on any atom is -0.382 e. The minimum atomic E-state index is -0.0208. The van der Waals surface area contributed by atoms with Gasteiger partial charge >= 0.3 is 0 Å². The topological polar surface area (TPSA) is 44.1 Å². The van der Waals surface area contributed by atoms with Gasteiger partial charge in [0.25, 0.3) is 5.56 Å². The summed E-state index contributed by atoms with van der Waals surface area (Å²) >= 11 is 7.41. The summed E-state index contributed by atoms with van der Waals surface area (Å²) in [5.41, 5.74) is 0.625. The third kappa shape index (κ3) is 3.34. The first-order chi connectivity index (χ1) is 9.67. The van der Waals surface area contributed by atoms with Crippen molar-refractivity contribution in [2.45, 2.75) is 25.0 Å². The van der Waals surface area contributed by atoms with Gasteiger partial charge in [0, 0.05) is 24.8 Å². The Morgan fingerprint density at radius 2 is 2.25 bits per heavy atom. The van der Waals surface area contributed by atoms with Gasteiger partial charge in [-0.2, -0.15) is 0 Å². The number of hydrogen-bond donors (Lipinski definition) is 0. The molecule has 0 amide bonds. The second-order valence-electron chi connectivity index (χ2n) is 4.27. The van der Waals surface area contributed by atoms with Crippen LogP contribution >= 0.6 is 23.4 Å². The van der Waals surface area contributed by atoms with E-state index in [4.69, 9.17) is 16.3 Å². The Morgan fingerprint density at radius 3 is 2.95 bits per heavy atom. The minimum absolute atomic E-state index is 0.0208. The van der Waals surface area contributed by atoms with E-state index in [2.05, 4.69) is 4.98 Å². The molecular weight excluding hydrogens is 296 g/mol. The highest BCUT2D eigenvalue weighted by atomic mass is 35.5. The van der Waals surface area contributed by atoms with Gasteiger partial charge < -0.3 is 4.74 Å². The van der Waals surface area contributed by atoms with Gasteiger partial charge in [0.2, 0.25) is 0 Å². The van der Waals surface area contributed by atoms with Gasteiger partial charge in [-0.3, -0.25) is 9.36 Å². The largest absolute Gasteiger partial charge is 0.382 e. The van der Waals surface area contributed by atoms with E-state index in [9.17, 15) is 4.79 Å². The summed E-state index contributed by atoms with van der Waals surface area (Å²) in [4.78, 5) is 17.0. The van der Waals surface area contributed by atoms with Gasteiger partial charge in [-0.05, 0) is 37.8 Å². The molecule has 0 aliphatic rings. The predicted octanol–water partition coefficient (Wildman–Crippen LogP) is 3.20. The van der Waals surface area contributed by atoms with E-state index in [-0.39, 0.29) is 5.56 Å². The van der Waals surface area contributed by atoms with Crippen LogP contribution in [0, 0.1) is 0 Å². The predicted molar refractivity (Wildman–Crippen MR) is 83.9 cm³/mol. The number of aromatic nitrogens is 2. The highest BCUT2D eigenvalue weighted by molar-refractivity contribution is 7.98. The van der Waals surface area contributed by atoms with Crippen molar-refractivity contribution in [2.24, 2.45) is 0 Å². The maximum Gasteiger partial charge on any atom is 0.262 e. The molecule has 4 nitrogen and oxygen atoms in total. The van der Waals surface area contributed by atoms with Crippen LogP contribution in [0.3, 0.4) is 0 Å². The average molecular weight is 313 g/mol. The van der Waals surface area contributed by atoms with Crippen LogP contribution < -0.4 is 5.56 Å². The fraction of sp³-hybridized carbons (Fsp3) is 0.429. The van der Waals surface area contributed by atoms with Gasteiger partial charge in [-0.15, -0.1) is 0 Å². The smallest absolute Gasteiger partial charge is 0.262 e. The van der Waals surface area contributed by atoms with Crippen molar-refractivity contribution in [2.75, 3.05) is 19.5 Å². The van der Waals surface area contributed by atoms with E-state index in [1.807, 2.05) is 13.2 Å². The Kier molecular flexibility index (Phi) is 5.46. The fourth-order valence-electron chi connectivity index (χ4n) is 2.00. The summed E-state index contributed by atoms with van der Waals surface area (Å²) in [5, 5.41) is 1.90. The molecule has 0 bridgehead atoms. The molecule has 108 valence electrons. The van der Waals surface area contributed by atoms with Crippen LogP contribution in [0.1, 0.15) is 13.3 Å². The lowest BCUT2D eigenvalue weighted by Crippen LogP contribution is -2.24. The molecule has 20 heavy (non-hydrogen) atoms. The van der Waals surface area contributed by atoms with Crippen molar-refractivity contribution in [3.8, 4) is 0 Å². The molecule has 0 radical (unpaired) electrons. The van der Waals surface area contributed by atoms with Gasteiger partial charge in [-0.25, -0.2) is 4.98 Å². The normalized spacial score (nSPS) is 11.2. The zero-order valence-corrected chi connectivity index (χ0v) is 13.1. The highest BCUT2D eigenvalue weighted by Gasteiger charge is 2.10. The Hall–Kier alpha value is -1.04. The van der Waals surface area contributed by atoms with Gasteiger partial charge in [0.15, 0.2) is 5.16 Å². The molecule has 0 fully saturated rings. The number of thioether (sulfide) groups is 1. The molecule has 0 saturated carbocycles. The van der Waals surface area contributed by atoms with Crippen molar-refractivity contribution in [1.82, 2.24) is 9.55 Å². The molecule has 0 aliphatic carbocycles. The maximum atomic E-state index is 12.5. The summed E-state index contributed by atoms with van der Waals surface area (Å²) in [6, 6.07) is 5.18. The number of rotatable bonds is 6. The Labute approximate surface area is 127 Å². The van der Waals surface area contributed by atoms with E-state index in [0.29, 0.717) is 40.8 Å². The van der Waals surface area contributed by atoms with Crippen molar-refractivity contribution >= 4 is 34.3 Å². The standard InChI is InChI=1S/C14H17ClN2O2S/c1-3-19-8-4-7-17-13(18)11-6-5-10(15)9-12(11)16-14(17)20-2/h5-6,9H,3-4,7-8H2,1-2H3. The van der Waals surface area contributed by atoms with E-state index < -0.39 is 0 Å². The van der Waals surface area contributed by atoms with E-state index in [1.165, 1.54) is 11.8 Å². The van der Waals surface area contributed by atoms with Crippen LogP contribution in [0.5, 0.6) is 0 Å². The van der Waals surface area contributed by atoms with Crippen LogP contribution in [0.4, 0.5) is 0 Å². The van der Waals surface area contributed by atoms with Crippen LogP contribution in [0.15, 0.2) is 28.2 Å². The molecule has 1 heterocycles. The van der Waals surface area contributed by atoms with Crippen LogP contribution in [-0.2, 0) is 11.3 Å². The molecule has 0 aliphatic heterocycles. The molecule has 1 aromatic carbocycles. The Morgan fingerprint density at radius 1 is 1.45 bits per heavy atom. The first-order valence-electron chi connectivity index (χ1n) is 6.49. The van der Waals surface area contributed by atoms with E-state index >= 15 is 0 Å². The number of ether oxygens (including phenoxy) is 1. The summed E-state index contributed by atoms with van der Waals surface area (Å²) in [6.07, 6.45) is 2.71. The van der Waals surface area contributed by atoms with E-state index in [1.54, 1.807) is 22.8 Å². The van der Waals surface area contributed by atoms with Crippen molar-refractivity contribution < 1.29 is 4.74 Å². The van der Waals surface area contributed by atoms with Gasteiger partial charge in [-0.1, -0.05) is 23.4 Å². The second-order valence-corrected chi connectivity index (χ2v) is 5.48. The molecule has 0 saturated heterocycles. The number of benzene rings is 1. The molecule has 6 heteroatoms. The molecule has 2 aromatic rings. The van der Waals surface area contributed by atoms with Gasteiger partial charge in [0.1, 0.15) is 0 Å². The third-order valence-corrected chi connectivity index (χ3v) is 3.85. The average Bonchev–Trinajstić information content (AvgIpc) is 2.44. The zero-order chi connectivity index (χ0) is 14.5. The first kappa shape index (κ1) is 15.4. The summed E-state index contributed by atoms with van der Waals surface area (Å²) in [6.45, 7) is 3.91. The molecule has 0 unspecified atom stereocenters. The Balaban J connectivity index is 2.39. The Bertz CT molecular complexity index is 657. The zero-order valence-electron chi connectivity index (χ0n) is 11.6. The SMILES string of the molecule is CCOCCCn1c(SC)nc2cc(Cl)ccc2c1=O. The molecule has 0 spiro atoms. The number of nitrogens with zero attached hydrogens (tertiary/aromatic N) is 2. The van der Waals surface area contributed by atoms with Gasteiger partial charge in [0.05, 0.1) is 10.9 Å². The molecular formula is C14H17ClN2O2S. The lowest BCUT2D eigenvalue weighted by atomic mass is 10.2. The molecule has 0 N–H and O–H groups in total. The van der Waals surface area contributed by atoms with Crippen molar-refractivity contribution in [1.29, 1.82) is 0 Å². The lowest BCUT2D eigenvalue weighted by Gasteiger charge is -2.11. The molecule has 1 aromatic heterocycles. The maximum absolute atomic E-state index is 12.5. The number of fused-ring (bicyclic) bond motifs is 1. The van der Waals surface area contributed by atoms with Crippen LogP contribution in [-0.4, -0.2) is 29.0 Å². The monoisotopic (exact) mass is 312 g/mol. The van der Waals surface area contributed by atoms with Crippen LogP contribution in [0.2, 0.25) is 5.02 Å². The molecule has 2 rings (SSSR count). The van der Waals surface area contributed by atoms with E-state index in [0.717, 1.165) is 6.42 Å².